The van der Waals surface area contributed by atoms with Crippen LogP contribution in [-0.2, 0) is 9.59 Å². The number of hydrogen-bond acceptors (Lipinski definition) is 4. The molecule has 0 aliphatic carbocycles. The minimum absolute atomic E-state index is 0.115. The van der Waals surface area contributed by atoms with Crippen LogP contribution in [0.2, 0.25) is 0 Å². The van der Waals surface area contributed by atoms with Crippen LogP contribution < -0.4 is 14.8 Å². The quantitative estimate of drug-likeness (QED) is 0.804. The van der Waals surface area contributed by atoms with Gasteiger partial charge in [0.25, 0.3) is 5.91 Å². The topological polar surface area (TPSA) is 84.9 Å². The second kappa shape index (κ2) is 7.67. The SMILES string of the molecule is CCCC(CNC(=O)C1=Cc2cccc(OC)c2OC1)C(=O)O. The van der Waals surface area contributed by atoms with Gasteiger partial charge in [-0.2, -0.15) is 0 Å². The van der Waals surface area contributed by atoms with E-state index in [2.05, 4.69) is 5.32 Å². The average Bonchev–Trinajstić information content (AvgIpc) is 2.56. The molecule has 0 saturated carbocycles. The van der Waals surface area contributed by atoms with Gasteiger partial charge in [-0.3, -0.25) is 9.59 Å². The van der Waals surface area contributed by atoms with Gasteiger partial charge < -0.3 is 19.9 Å². The van der Waals surface area contributed by atoms with Crippen molar-refractivity contribution in [2.45, 2.75) is 19.8 Å². The van der Waals surface area contributed by atoms with E-state index in [4.69, 9.17) is 14.6 Å². The number of carbonyl (C=O) groups is 2. The van der Waals surface area contributed by atoms with Gasteiger partial charge in [0.05, 0.1) is 18.6 Å². The lowest BCUT2D eigenvalue weighted by molar-refractivity contribution is -0.141. The smallest absolute Gasteiger partial charge is 0.308 e. The number of carboxylic acid groups (broad SMARTS) is 1. The zero-order valence-corrected chi connectivity index (χ0v) is 13.3. The number of hydrogen-bond donors (Lipinski definition) is 2. The van der Waals surface area contributed by atoms with Crippen LogP contribution in [0.25, 0.3) is 6.08 Å². The van der Waals surface area contributed by atoms with Crippen molar-refractivity contribution in [2.75, 3.05) is 20.3 Å². The van der Waals surface area contributed by atoms with Crippen LogP contribution in [0, 0.1) is 5.92 Å². The highest BCUT2D eigenvalue weighted by Crippen LogP contribution is 2.35. The fraction of sp³-hybridized carbons (Fsp3) is 0.412. The van der Waals surface area contributed by atoms with Crippen LogP contribution in [0.5, 0.6) is 11.5 Å². The lowest BCUT2D eigenvalue weighted by atomic mass is 10.0. The first-order chi connectivity index (χ1) is 11.1. The van der Waals surface area contributed by atoms with Crippen molar-refractivity contribution in [3.8, 4) is 11.5 Å². The molecule has 124 valence electrons. The van der Waals surface area contributed by atoms with Gasteiger partial charge >= 0.3 is 5.97 Å². The molecule has 0 spiro atoms. The molecule has 0 saturated heterocycles. The molecule has 0 aromatic heterocycles. The van der Waals surface area contributed by atoms with Crippen molar-refractivity contribution in [2.24, 2.45) is 5.92 Å². The maximum absolute atomic E-state index is 12.2. The lowest BCUT2D eigenvalue weighted by Crippen LogP contribution is -2.35. The molecular weight excluding hydrogens is 298 g/mol. The molecule has 0 radical (unpaired) electrons. The molecule has 1 unspecified atom stereocenters. The standard InChI is InChI=1S/C17H21NO5/c1-3-5-12(17(20)21)9-18-16(19)13-8-11-6-4-7-14(22-2)15(11)23-10-13/h4,6-8,12H,3,5,9-10H2,1-2H3,(H,18,19)(H,20,21). The predicted octanol–water partition coefficient (Wildman–Crippen LogP) is 2.09. The summed E-state index contributed by atoms with van der Waals surface area (Å²) in [4.78, 5) is 23.3. The Morgan fingerprint density at radius 3 is 2.87 bits per heavy atom. The summed E-state index contributed by atoms with van der Waals surface area (Å²) in [6, 6.07) is 5.45. The van der Waals surface area contributed by atoms with Gasteiger partial charge in [-0.1, -0.05) is 25.5 Å². The number of amides is 1. The van der Waals surface area contributed by atoms with Crippen molar-refractivity contribution in [3.05, 3.63) is 29.3 Å². The Balaban J connectivity index is 2.06. The maximum Gasteiger partial charge on any atom is 0.308 e. The molecule has 1 aromatic carbocycles. The van der Waals surface area contributed by atoms with Crippen molar-refractivity contribution in [3.63, 3.8) is 0 Å². The second-order valence-electron chi connectivity index (χ2n) is 5.37. The van der Waals surface area contributed by atoms with Crippen LogP contribution in [0.3, 0.4) is 0 Å². The minimum atomic E-state index is -0.892. The van der Waals surface area contributed by atoms with E-state index in [-0.39, 0.29) is 19.1 Å². The summed E-state index contributed by atoms with van der Waals surface area (Å²) in [7, 11) is 1.56. The molecule has 23 heavy (non-hydrogen) atoms. The minimum Gasteiger partial charge on any atom is -0.493 e. The Labute approximate surface area is 135 Å². The third kappa shape index (κ3) is 4.03. The van der Waals surface area contributed by atoms with Gasteiger partial charge in [-0.05, 0) is 18.6 Å². The summed E-state index contributed by atoms with van der Waals surface area (Å²) < 4.78 is 10.8. The Hall–Kier alpha value is -2.50. The molecular formula is C17H21NO5. The fourth-order valence-electron chi connectivity index (χ4n) is 2.46. The monoisotopic (exact) mass is 319 g/mol. The highest BCUT2D eigenvalue weighted by molar-refractivity contribution is 5.99. The highest BCUT2D eigenvalue weighted by atomic mass is 16.5. The zero-order valence-electron chi connectivity index (χ0n) is 13.3. The van der Waals surface area contributed by atoms with E-state index >= 15 is 0 Å². The molecule has 6 heteroatoms. The Morgan fingerprint density at radius 1 is 1.43 bits per heavy atom. The molecule has 2 rings (SSSR count). The van der Waals surface area contributed by atoms with E-state index in [1.807, 2.05) is 19.1 Å². The van der Waals surface area contributed by atoms with Crippen molar-refractivity contribution in [1.29, 1.82) is 0 Å². The fourth-order valence-corrected chi connectivity index (χ4v) is 2.46. The van der Waals surface area contributed by atoms with E-state index in [9.17, 15) is 9.59 Å². The van der Waals surface area contributed by atoms with Crippen molar-refractivity contribution >= 4 is 18.0 Å². The van der Waals surface area contributed by atoms with E-state index < -0.39 is 11.9 Å². The Kier molecular flexibility index (Phi) is 5.62. The number of aliphatic carboxylic acids is 1. The normalized spacial score (nSPS) is 14.1. The third-order valence-electron chi connectivity index (χ3n) is 3.72. The molecule has 6 nitrogen and oxygen atoms in total. The number of methoxy groups -OCH3 is 1. The molecule has 1 amide bonds. The number of carbonyl (C=O) groups excluding carboxylic acids is 1. The lowest BCUT2D eigenvalue weighted by Gasteiger charge is -2.20. The van der Waals surface area contributed by atoms with E-state index in [0.29, 0.717) is 23.5 Å². The number of carboxylic acids is 1. The van der Waals surface area contributed by atoms with Gasteiger partial charge in [0.1, 0.15) is 6.61 Å². The molecule has 1 aliphatic heterocycles. The van der Waals surface area contributed by atoms with Crippen LogP contribution >= 0.6 is 0 Å². The van der Waals surface area contributed by atoms with E-state index in [1.165, 1.54) is 0 Å². The summed E-state index contributed by atoms with van der Waals surface area (Å²) >= 11 is 0. The first-order valence-corrected chi connectivity index (χ1v) is 7.58. The van der Waals surface area contributed by atoms with Gasteiger partial charge in [-0.15, -0.1) is 0 Å². The molecule has 0 fully saturated rings. The van der Waals surface area contributed by atoms with Gasteiger partial charge in [0.2, 0.25) is 0 Å². The largest absolute Gasteiger partial charge is 0.493 e. The molecule has 1 aromatic rings. The summed E-state index contributed by atoms with van der Waals surface area (Å²) in [6.45, 7) is 2.16. The molecule has 0 bridgehead atoms. The van der Waals surface area contributed by atoms with Crippen LogP contribution in [0.15, 0.2) is 23.8 Å². The number of para-hydroxylation sites is 1. The maximum atomic E-state index is 12.2. The van der Waals surface area contributed by atoms with E-state index in [0.717, 1.165) is 12.0 Å². The molecule has 1 heterocycles. The zero-order chi connectivity index (χ0) is 16.8. The first kappa shape index (κ1) is 16.9. The first-order valence-electron chi connectivity index (χ1n) is 7.58. The van der Waals surface area contributed by atoms with Crippen molar-refractivity contribution < 1.29 is 24.2 Å². The molecule has 2 N–H and O–H groups in total. The number of nitrogens with one attached hydrogen (secondary N) is 1. The number of fused-ring (bicyclic) bond motifs is 1. The number of ether oxygens (including phenoxy) is 2. The predicted molar refractivity (Wildman–Crippen MR) is 85.5 cm³/mol. The number of benzene rings is 1. The van der Waals surface area contributed by atoms with Crippen LogP contribution in [0.1, 0.15) is 25.3 Å². The number of rotatable bonds is 7. The summed E-state index contributed by atoms with van der Waals surface area (Å²) in [5.41, 5.74) is 1.23. The Bertz CT molecular complexity index is 623. The van der Waals surface area contributed by atoms with Crippen LogP contribution in [-0.4, -0.2) is 37.2 Å². The Morgan fingerprint density at radius 2 is 2.22 bits per heavy atom. The summed E-state index contributed by atoms with van der Waals surface area (Å²) in [5, 5.41) is 11.8. The average molecular weight is 319 g/mol. The summed E-state index contributed by atoms with van der Waals surface area (Å²) in [5.74, 6) is -0.536. The second-order valence-corrected chi connectivity index (χ2v) is 5.37. The van der Waals surface area contributed by atoms with Gasteiger partial charge in [0.15, 0.2) is 11.5 Å². The summed E-state index contributed by atoms with van der Waals surface area (Å²) in [6.07, 6.45) is 3.03. The van der Waals surface area contributed by atoms with Crippen molar-refractivity contribution in [1.82, 2.24) is 5.32 Å². The third-order valence-corrected chi connectivity index (χ3v) is 3.72. The van der Waals surface area contributed by atoms with Crippen LogP contribution in [0.4, 0.5) is 0 Å². The molecule has 1 atom stereocenters. The highest BCUT2D eigenvalue weighted by Gasteiger charge is 2.22. The van der Waals surface area contributed by atoms with E-state index in [1.54, 1.807) is 19.3 Å². The van der Waals surface area contributed by atoms with Gasteiger partial charge in [0, 0.05) is 12.1 Å². The molecule has 1 aliphatic rings. The van der Waals surface area contributed by atoms with Gasteiger partial charge in [-0.25, -0.2) is 0 Å².